The number of hydrogen-bond donors (Lipinski definition) is 1. The van der Waals surface area contributed by atoms with E-state index in [-0.39, 0.29) is 12.3 Å². The highest BCUT2D eigenvalue weighted by molar-refractivity contribution is 7.09. The second-order valence-electron chi connectivity index (χ2n) is 4.05. The van der Waals surface area contributed by atoms with Gasteiger partial charge in [-0.1, -0.05) is 18.2 Å². The summed E-state index contributed by atoms with van der Waals surface area (Å²) in [6.07, 6.45) is 0.285. The monoisotopic (exact) mass is 310 g/mol. The minimum Gasteiger partial charge on any atom is -0.492 e. The Hall–Kier alpha value is -1.59. The molecule has 6 heteroatoms. The van der Waals surface area contributed by atoms with E-state index in [2.05, 4.69) is 10.3 Å². The molecule has 0 saturated heterocycles. The Morgan fingerprint density at radius 2 is 2.15 bits per heavy atom. The standard InChI is InChI=1S/C14H15ClN2O2S/c15-9-11-10-20-14(17-11)8-13(18)16-6-7-19-12-4-2-1-3-5-12/h1-5,10H,6-9H2,(H,16,18). The minimum atomic E-state index is -0.0582. The summed E-state index contributed by atoms with van der Waals surface area (Å²) < 4.78 is 5.48. The number of rotatable bonds is 7. The van der Waals surface area contributed by atoms with E-state index < -0.39 is 0 Å². The predicted molar refractivity (Wildman–Crippen MR) is 80.3 cm³/mol. The summed E-state index contributed by atoms with van der Waals surface area (Å²) in [4.78, 5) is 15.9. The molecule has 0 spiro atoms. The molecule has 1 aromatic heterocycles. The molecule has 0 aliphatic rings. The number of nitrogens with one attached hydrogen (secondary N) is 1. The van der Waals surface area contributed by atoms with E-state index in [4.69, 9.17) is 16.3 Å². The van der Waals surface area contributed by atoms with Crippen LogP contribution in [0.15, 0.2) is 35.7 Å². The number of benzene rings is 1. The van der Waals surface area contributed by atoms with Crippen molar-refractivity contribution in [2.24, 2.45) is 0 Å². The number of para-hydroxylation sites is 1. The number of hydrogen-bond acceptors (Lipinski definition) is 4. The van der Waals surface area contributed by atoms with Gasteiger partial charge < -0.3 is 10.1 Å². The maximum atomic E-state index is 11.7. The molecule has 1 amide bonds. The van der Waals surface area contributed by atoms with Gasteiger partial charge in [0, 0.05) is 5.38 Å². The number of nitrogens with zero attached hydrogens (tertiary/aromatic N) is 1. The van der Waals surface area contributed by atoms with Gasteiger partial charge in [-0.05, 0) is 12.1 Å². The fourth-order valence-electron chi connectivity index (χ4n) is 1.57. The Morgan fingerprint density at radius 3 is 2.85 bits per heavy atom. The number of carbonyl (C=O) groups is 1. The van der Waals surface area contributed by atoms with E-state index in [1.165, 1.54) is 11.3 Å². The molecule has 106 valence electrons. The third-order valence-electron chi connectivity index (χ3n) is 2.48. The highest BCUT2D eigenvalue weighted by Gasteiger charge is 2.07. The smallest absolute Gasteiger partial charge is 0.226 e. The zero-order valence-corrected chi connectivity index (χ0v) is 12.4. The van der Waals surface area contributed by atoms with Crippen molar-refractivity contribution in [1.82, 2.24) is 10.3 Å². The normalized spacial score (nSPS) is 10.2. The molecule has 2 rings (SSSR count). The Kier molecular flexibility index (Phi) is 5.83. The van der Waals surface area contributed by atoms with Gasteiger partial charge in [-0.3, -0.25) is 4.79 Å². The lowest BCUT2D eigenvalue weighted by atomic mass is 10.3. The van der Waals surface area contributed by atoms with Crippen LogP contribution in [0, 0.1) is 0 Å². The van der Waals surface area contributed by atoms with Crippen LogP contribution in [0.2, 0.25) is 0 Å². The second kappa shape index (κ2) is 7.87. The van der Waals surface area contributed by atoms with E-state index in [9.17, 15) is 4.79 Å². The number of amides is 1. The summed E-state index contributed by atoms with van der Waals surface area (Å²) in [5.74, 6) is 1.12. The van der Waals surface area contributed by atoms with Crippen molar-refractivity contribution in [3.8, 4) is 5.75 Å². The van der Waals surface area contributed by atoms with Gasteiger partial charge in [0.2, 0.25) is 5.91 Å². The number of alkyl halides is 1. The van der Waals surface area contributed by atoms with Crippen LogP contribution in [0.5, 0.6) is 5.75 Å². The van der Waals surface area contributed by atoms with Gasteiger partial charge in [0.25, 0.3) is 0 Å². The zero-order chi connectivity index (χ0) is 14.2. The van der Waals surface area contributed by atoms with Gasteiger partial charge in [0.15, 0.2) is 0 Å². The van der Waals surface area contributed by atoms with Crippen molar-refractivity contribution in [1.29, 1.82) is 0 Å². The molecule has 0 aliphatic carbocycles. The van der Waals surface area contributed by atoms with Crippen LogP contribution in [-0.4, -0.2) is 24.0 Å². The molecule has 1 heterocycles. The summed E-state index contributed by atoms with van der Waals surface area (Å²) in [5, 5.41) is 5.45. The minimum absolute atomic E-state index is 0.0582. The van der Waals surface area contributed by atoms with Crippen LogP contribution >= 0.6 is 22.9 Å². The maximum Gasteiger partial charge on any atom is 0.226 e. The quantitative estimate of drug-likeness (QED) is 0.632. The third-order valence-corrected chi connectivity index (χ3v) is 3.66. The number of ether oxygens (including phenoxy) is 1. The Balaban J connectivity index is 1.65. The molecule has 0 atom stereocenters. The second-order valence-corrected chi connectivity index (χ2v) is 5.26. The van der Waals surface area contributed by atoms with Crippen LogP contribution in [0.4, 0.5) is 0 Å². The Morgan fingerprint density at radius 1 is 1.35 bits per heavy atom. The first-order valence-corrected chi connectivity index (χ1v) is 7.63. The predicted octanol–water partition coefficient (Wildman–Crippen LogP) is 2.62. The van der Waals surface area contributed by atoms with E-state index >= 15 is 0 Å². The highest BCUT2D eigenvalue weighted by atomic mass is 35.5. The van der Waals surface area contributed by atoms with Gasteiger partial charge in [-0.25, -0.2) is 4.98 Å². The highest BCUT2D eigenvalue weighted by Crippen LogP contribution is 2.12. The molecule has 1 aromatic carbocycles. The van der Waals surface area contributed by atoms with Crippen molar-refractivity contribution in [2.45, 2.75) is 12.3 Å². The molecule has 0 saturated carbocycles. The number of halogens is 1. The molecular weight excluding hydrogens is 296 g/mol. The summed E-state index contributed by atoms with van der Waals surface area (Å²) >= 11 is 7.12. The summed E-state index contributed by atoms with van der Waals surface area (Å²) in [6, 6.07) is 9.50. The lowest BCUT2D eigenvalue weighted by molar-refractivity contribution is -0.120. The topological polar surface area (TPSA) is 51.2 Å². The van der Waals surface area contributed by atoms with E-state index in [1.54, 1.807) is 0 Å². The molecule has 20 heavy (non-hydrogen) atoms. The van der Waals surface area contributed by atoms with Gasteiger partial charge >= 0.3 is 0 Å². The average Bonchev–Trinajstić information content (AvgIpc) is 2.92. The lowest BCUT2D eigenvalue weighted by Crippen LogP contribution is -2.29. The molecule has 0 bridgehead atoms. The Labute approximate surface area is 126 Å². The van der Waals surface area contributed by atoms with E-state index in [0.717, 1.165) is 16.5 Å². The molecule has 2 aromatic rings. The van der Waals surface area contributed by atoms with E-state index in [0.29, 0.717) is 19.0 Å². The third kappa shape index (κ3) is 4.83. The van der Waals surface area contributed by atoms with Crippen molar-refractivity contribution in [2.75, 3.05) is 13.2 Å². The number of aromatic nitrogens is 1. The molecule has 0 fully saturated rings. The van der Waals surface area contributed by atoms with Gasteiger partial charge in [-0.15, -0.1) is 22.9 Å². The largest absolute Gasteiger partial charge is 0.492 e. The fourth-order valence-corrected chi connectivity index (χ4v) is 2.59. The first-order chi connectivity index (χ1) is 9.78. The molecule has 4 nitrogen and oxygen atoms in total. The average molecular weight is 311 g/mol. The van der Waals surface area contributed by atoms with Crippen LogP contribution in [0.1, 0.15) is 10.7 Å². The lowest BCUT2D eigenvalue weighted by Gasteiger charge is -2.06. The van der Waals surface area contributed by atoms with Crippen molar-refractivity contribution >= 4 is 28.8 Å². The summed E-state index contributed by atoms with van der Waals surface area (Å²) in [5.41, 5.74) is 0.812. The van der Waals surface area contributed by atoms with Crippen LogP contribution in [-0.2, 0) is 17.1 Å². The Bertz CT molecular complexity index is 545. The van der Waals surface area contributed by atoms with Crippen molar-refractivity contribution in [3.63, 3.8) is 0 Å². The first-order valence-electron chi connectivity index (χ1n) is 6.21. The summed E-state index contributed by atoms with van der Waals surface area (Å²) in [7, 11) is 0. The first kappa shape index (κ1) is 14.8. The van der Waals surface area contributed by atoms with Gasteiger partial charge in [0.1, 0.15) is 17.4 Å². The van der Waals surface area contributed by atoms with Crippen molar-refractivity contribution in [3.05, 3.63) is 46.4 Å². The number of thiazole rings is 1. The molecule has 1 N–H and O–H groups in total. The van der Waals surface area contributed by atoms with Crippen LogP contribution < -0.4 is 10.1 Å². The zero-order valence-electron chi connectivity index (χ0n) is 10.8. The van der Waals surface area contributed by atoms with Crippen molar-refractivity contribution < 1.29 is 9.53 Å². The van der Waals surface area contributed by atoms with Crippen LogP contribution in [0.25, 0.3) is 0 Å². The van der Waals surface area contributed by atoms with Gasteiger partial charge in [0.05, 0.1) is 24.5 Å². The van der Waals surface area contributed by atoms with Crippen LogP contribution in [0.3, 0.4) is 0 Å². The molecule has 0 aliphatic heterocycles. The number of carbonyl (C=O) groups excluding carboxylic acids is 1. The van der Waals surface area contributed by atoms with E-state index in [1.807, 2.05) is 35.7 Å². The molecule has 0 unspecified atom stereocenters. The SMILES string of the molecule is O=C(Cc1nc(CCl)cs1)NCCOc1ccccc1. The summed E-state index contributed by atoms with van der Waals surface area (Å²) in [6.45, 7) is 0.919. The molecular formula is C14H15ClN2O2S. The van der Waals surface area contributed by atoms with Gasteiger partial charge in [-0.2, -0.15) is 0 Å². The molecule has 0 radical (unpaired) electrons. The fraction of sp³-hybridized carbons (Fsp3) is 0.286. The maximum absolute atomic E-state index is 11.7.